The predicted octanol–water partition coefficient (Wildman–Crippen LogP) is 4.91. The second-order valence-electron chi connectivity index (χ2n) is 8.99. The molecular formula is C28H31N5O3. The van der Waals surface area contributed by atoms with Gasteiger partial charge in [0.05, 0.1) is 0 Å². The van der Waals surface area contributed by atoms with E-state index in [-0.39, 0.29) is 23.8 Å². The van der Waals surface area contributed by atoms with E-state index >= 15 is 0 Å². The molecule has 0 spiro atoms. The summed E-state index contributed by atoms with van der Waals surface area (Å²) in [5.41, 5.74) is 0.863. The second kappa shape index (κ2) is 11.5. The molecule has 1 saturated heterocycles. The first-order valence-corrected chi connectivity index (χ1v) is 12.1. The number of ketones is 1. The Balaban J connectivity index is 1.59. The standard InChI is InChI=1S/C28H31N5O3/c1-4-24(34)33-16-8-9-21(17-33)32-28-25(27(29-18-30-28)31-19(2)3)26(35)20-12-14-23(15-13-20)36-22-10-6-5-7-11-22/h4-7,10-15,18-19,21H,1,8-9,16-17H2,2-3H3,(H2,29,30,31,32). The molecule has 0 bridgehead atoms. The molecule has 4 rings (SSSR count). The van der Waals surface area contributed by atoms with Crippen molar-refractivity contribution in [3.05, 3.63) is 84.7 Å². The number of amides is 1. The van der Waals surface area contributed by atoms with Crippen molar-refractivity contribution in [3.8, 4) is 11.5 Å². The summed E-state index contributed by atoms with van der Waals surface area (Å²) in [7, 11) is 0. The van der Waals surface area contributed by atoms with Crippen molar-refractivity contribution in [1.29, 1.82) is 0 Å². The number of para-hydroxylation sites is 1. The maximum Gasteiger partial charge on any atom is 0.246 e. The molecule has 1 unspecified atom stereocenters. The SMILES string of the molecule is C=CC(=O)N1CCCC(Nc2ncnc(NC(C)C)c2C(=O)c2ccc(Oc3ccccc3)cc2)C1. The first kappa shape index (κ1) is 24.9. The lowest BCUT2D eigenvalue weighted by Crippen LogP contribution is -2.44. The summed E-state index contributed by atoms with van der Waals surface area (Å²) in [5, 5.41) is 6.67. The minimum Gasteiger partial charge on any atom is -0.457 e. The Morgan fingerprint density at radius 1 is 1.06 bits per heavy atom. The molecule has 186 valence electrons. The van der Waals surface area contributed by atoms with Gasteiger partial charge in [0.2, 0.25) is 5.91 Å². The molecule has 1 amide bonds. The molecule has 0 saturated carbocycles. The van der Waals surface area contributed by atoms with Crippen LogP contribution in [0.3, 0.4) is 0 Å². The number of hydrogen-bond acceptors (Lipinski definition) is 7. The number of benzene rings is 2. The van der Waals surface area contributed by atoms with Gasteiger partial charge in [0.1, 0.15) is 35.0 Å². The van der Waals surface area contributed by atoms with E-state index in [1.807, 2.05) is 44.2 Å². The van der Waals surface area contributed by atoms with Crippen molar-refractivity contribution < 1.29 is 14.3 Å². The Morgan fingerprint density at radius 2 is 1.75 bits per heavy atom. The van der Waals surface area contributed by atoms with E-state index in [9.17, 15) is 9.59 Å². The first-order chi connectivity index (χ1) is 17.4. The van der Waals surface area contributed by atoms with E-state index in [4.69, 9.17) is 4.74 Å². The summed E-state index contributed by atoms with van der Waals surface area (Å²) in [6.45, 7) is 8.77. The van der Waals surface area contributed by atoms with Crippen LogP contribution in [-0.2, 0) is 4.79 Å². The van der Waals surface area contributed by atoms with Crippen LogP contribution in [0.2, 0.25) is 0 Å². The fourth-order valence-electron chi connectivity index (χ4n) is 4.15. The van der Waals surface area contributed by atoms with E-state index in [2.05, 4.69) is 27.2 Å². The number of ether oxygens (including phenoxy) is 1. The highest BCUT2D eigenvalue weighted by Gasteiger charge is 2.26. The zero-order chi connectivity index (χ0) is 25.5. The average molecular weight is 486 g/mol. The molecular weight excluding hydrogens is 454 g/mol. The minimum atomic E-state index is -0.206. The Hall–Kier alpha value is -4.20. The summed E-state index contributed by atoms with van der Waals surface area (Å²) < 4.78 is 5.86. The Kier molecular flexibility index (Phi) is 7.95. The second-order valence-corrected chi connectivity index (χ2v) is 8.99. The topological polar surface area (TPSA) is 96.5 Å². The average Bonchev–Trinajstić information content (AvgIpc) is 2.89. The number of rotatable bonds is 9. The van der Waals surface area contributed by atoms with Crippen molar-refractivity contribution >= 4 is 23.3 Å². The number of nitrogens with one attached hydrogen (secondary N) is 2. The number of carbonyl (C=O) groups is 2. The molecule has 1 fully saturated rings. The zero-order valence-electron chi connectivity index (χ0n) is 20.6. The third-order valence-corrected chi connectivity index (χ3v) is 5.84. The van der Waals surface area contributed by atoms with Gasteiger partial charge in [0.25, 0.3) is 0 Å². The number of aromatic nitrogens is 2. The van der Waals surface area contributed by atoms with E-state index in [0.717, 1.165) is 18.6 Å². The molecule has 0 aliphatic carbocycles. The lowest BCUT2D eigenvalue weighted by atomic mass is 10.0. The number of likely N-dealkylation sites (tertiary alicyclic amines) is 1. The van der Waals surface area contributed by atoms with Crippen LogP contribution in [0.25, 0.3) is 0 Å². The summed E-state index contributed by atoms with van der Waals surface area (Å²) in [6, 6.07) is 16.5. The number of hydrogen-bond donors (Lipinski definition) is 2. The summed E-state index contributed by atoms with van der Waals surface area (Å²) in [6.07, 6.45) is 4.48. The van der Waals surface area contributed by atoms with Gasteiger partial charge in [-0.25, -0.2) is 9.97 Å². The lowest BCUT2D eigenvalue weighted by Gasteiger charge is -2.33. The van der Waals surface area contributed by atoms with Gasteiger partial charge in [0, 0.05) is 30.7 Å². The molecule has 1 aliphatic heterocycles. The summed E-state index contributed by atoms with van der Waals surface area (Å²) in [4.78, 5) is 36.4. The molecule has 3 aromatic rings. The van der Waals surface area contributed by atoms with Gasteiger partial charge >= 0.3 is 0 Å². The van der Waals surface area contributed by atoms with Gasteiger partial charge in [-0.3, -0.25) is 9.59 Å². The van der Waals surface area contributed by atoms with Crippen LogP contribution in [0.5, 0.6) is 11.5 Å². The van der Waals surface area contributed by atoms with Crippen LogP contribution in [0.1, 0.15) is 42.6 Å². The molecule has 1 aliphatic rings. The normalized spacial score (nSPS) is 15.3. The van der Waals surface area contributed by atoms with Gasteiger partial charge in [0.15, 0.2) is 5.78 Å². The Labute approximate surface area is 211 Å². The van der Waals surface area contributed by atoms with Crippen LogP contribution >= 0.6 is 0 Å². The third kappa shape index (κ3) is 6.07. The Bertz CT molecular complexity index is 1210. The van der Waals surface area contributed by atoms with Gasteiger partial charge < -0.3 is 20.3 Å². The lowest BCUT2D eigenvalue weighted by molar-refractivity contribution is -0.127. The molecule has 8 heteroatoms. The van der Waals surface area contributed by atoms with E-state index in [1.54, 1.807) is 29.2 Å². The fourth-order valence-corrected chi connectivity index (χ4v) is 4.15. The van der Waals surface area contributed by atoms with Crippen molar-refractivity contribution in [3.63, 3.8) is 0 Å². The molecule has 2 N–H and O–H groups in total. The molecule has 0 radical (unpaired) electrons. The van der Waals surface area contributed by atoms with E-state index in [0.29, 0.717) is 41.6 Å². The summed E-state index contributed by atoms with van der Waals surface area (Å²) in [5.74, 6) is 1.96. The summed E-state index contributed by atoms with van der Waals surface area (Å²) >= 11 is 0. The van der Waals surface area contributed by atoms with Crippen LogP contribution in [0.15, 0.2) is 73.6 Å². The van der Waals surface area contributed by atoms with Crippen LogP contribution in [-0.4, -0.2) is 51.7 Å². The molecule has 36 heavy (non-hydrogen) atoms. The number of piperidine rings is 1. The highest BCUT2D eigenvalue weighted by Crippen LogP contribution is 2.28. The Morgan fingerprint density at radius 3 is 2.44 bits per heavy atom. The van der Waals surface area contributed by atoms with Gasteiger partial charge in [-0.05, 0) is 69.2 Å². The van der Waals surface area contributed by atoms with Crippen molar-refractivity contribution in [2.24, 2.45) is 0 Å². The number of nitrogens with zero attached hydrogens (tertiary/aromatic N) is 3. The maximum atomic E-state index is 13.7. The highest BCUT2D eigenvalue weighted by molar-refractivity contribution is 6.14. The monoisotopic (exact) mass is 485 g/mol. The van der Waals surface area contributed by atoms with E-state index in [1.165, 1.54) is 12.4 Å². The zero-order valence-corrected chi connectivity index (χ0v) is 20.6. The molecule has 2 aromatic carbocycles. The number of carbonyl (C=O) groups excluding carboxylic acids is 2. The van der Waals surface area contributed by atoms with Gasteiger partial charge in [-0.15, -0.1) is 0 Å². The van der Waals surface area contributed by atoms with Crippen LogP contribution < -0.4 is 15.4 Å². The molecule has 1 atom stereocenters. The van der Waals surface area contributed by atoms with Crippen LogP contribution in [0, 0.1) is 0 Å². The minimum absolute atomic E-state index is 0.0438. The van der Waals surface area contributed by atoms with Gasteiger partial charge in [-0.1, -0.05) is 24.8 Å². The fraction of sp³-hybridized carbons (Fsp3) is 0.286. The molecule has 1 aromatic heterocycles. The smallest absolute Gasteiger partial charge is 0.246 e. The quantitative estimate of drug-likeness (QED) is 0.328. The maximum absolute atomic E-state index is 13.7. The predicted molar refractivity (Wildman–Crippen MR) is 141 cm³/mol. The highest BCUT2D eigenvalue weighted by atomic mass is 16.5. The van der Waals surface area contributed by atoms with Crippen molar-refractivity contribution in [2.75, 3.05) is 23.7 Å². The largest absolute Gasteiger partial charge is 0.457 e. The van der Waals surface area contributed by atoms with Crippen molar-refractivity contribution in [2.45, 2.75) is 38.8 Å². The van der Waals surface area contributed by atoms with Crippen LogP contribution in [0.4, 0.5) is 11.6 Å². The van der Waals surface area contributed by atoms with Gasteiger partial charge in [-0.2, -0.15) is 0 Å². The molecule has 2 heterocycles. The van der Waals surface area contributed by atoms with Crippen molar-refractivity contribution in [1.82, 2.24) is 14.9 Å². The third-order valence-electron chi connectivity index (χ3n) is 5.84. The van der Waals surface area contributed by atoms with E-state index < -0.39 is 0 Å². The first-order valence-electron chi connectivity index (χ1n) is 12.1. The number of anilines is 2. The molecule has 8 nitrogen and oxygen atoms in total.